The molecule has 0 fully saturated rings. The van der Waals surface area contributed by atoms with Gasteiger partial charge < -0.3 is 16.0 Å². The van der Waals surface area contributed by atoms with Crippen molar-refractivity contribution in [3.8, 4) is 0 Å². The maximum absolute atomic E-state index is 12.2. The number of halogens is 2. The molecular weight excluding hydrogens is 313 g/mol. The summed E-state index contributed by atoms with van der Waals surface area (Å²) in [6, 6.07) is 2.88. The van der Waals surface area contributed by atoms with E-state index in [2.05, 4.69) is 5.32 Å². The van der Waals surface area contributed by atoms with Crippen LogP contribution in [0.3, 0.4) is 0 Å². The molecule has 0 unspecified atom stereocenters. The normalized spacial score (nSPS) is 10.6. The van der Waals surface area contributed by atoms with Gasteiger partial charge in [-0.05, 0) is 18.1 Å². The molecule has 5 nitrogen and oxygen atoms in total. The SMILES string of the molecule is CC(C)CNC(=O)CN(C)C(=O)c1cc(Cl)c(N)c(Cl)c1. The Morgan fingerprint density at radius 2 is 1.81 bits per heavy atom. The lowest BCUT2D eigenvalue weighted by Crippen LogP contribution is -2.39. The standard InChI is InChI=1S/C14H19Cl2N3O2/c1-8(2)6-18-12(20)7-19(3)14(21)9-4-10(15)13(17)11(16)5-9/h4-5,8H,6-7,17H2,1-3H3,(H,18,20). The smallest absolute Gasteiger partial charge is 0.254 e. The number of likely N-dealkylation sites (N-methyl/N-ethyl adjacent to an activating group) is 1. The molecule has 1 aromatic carbocycles. The number of nitrogens with zero attached hydrogens (tertiary/aromatic N) is 1. The lowest BCUT2D eigenvalue weighted by molar-refractivity contribution is -0.121. The van der Waals surface area contributed by atoms with Crippen molar-refractivity contribution in [2.75, 3.05) is 25.9 Å². The summed E-state index contributed by atoms with van der Waals surface area (Å²) >= 11 is 11.8. The van der Waals surface area contributed by atoms with E-state index in [1.165, 1.54) is 24.1 Å². The van der Waals surface area contributed by atoms with Crippen LogP contribution in [-0.4, -0.2) is 36.9 Å². The Hall–Kier alpha value is -1.46. The van der Waals surface area contributed by atoms with Crippen molar-refractivity contribution in [3.05, 3.63) is 27.7 Å². The largest absolute Gasteiger partial charge is 0.396 e. The summed E-state index contributed by atoms with van der Waals surface area (Å²) in [4.78, 5) is 25.2. The van der Waals surface area contributed by atoms with Crippen LogP contribution in [0.25, 0.3) is 0 Å². The van der Waals surface area contributed by atoms with Crippen molar-refractivity contribution in [2.45, 2.75) is 13.8 Å². The van der Waals surface area contributed by atoms with Crippen LogP contribution in [0.4, 0.5) is 5.69 Å². The first kappa shape index (κ1) is 17.6. The number of nitrogens with two attached hydrogens (primary N) is 1. The second-order valence-corrected chi connectivity index (χ2v) is 6.03. The van der Waals surface area contributed by atoms with Crippen molar-refractivity contribution in [2.24, 2.45) is 5.92 Å². The fraction of sp³-hybridized carbons (Fsp3) is 0.429. The number of anilines is 1. The van der Waals surface area contributed by atoms with Gasteiger partial charge in [0.1, 0.15) is 0 Å². The van der Waals surface area contributed by atoms with Gasteiger partial charge in [0, 0.05) is 19.2 Å². The Balaban J connectivity index is 2.72. The summed E-state index contributed by atoms with van der Waals surface area (Å²) in [6.07, 6.45) is 0. The molecule has 116 valence electrons. The fourth-order valence-corrected chi connectivity index (χ4v) is 2.08. The molecule has 0 saturated carbocycles. The Kier molecular flexibility index (Phi) is 6.30. The Labute approximate surface area is 134 Å². The third-order valence-electron chi connectivity index (χ3n) is 2.76. The topological polar surface area (TPSA) is 75.4 Å². The third kappa shape index (κ3) is 5.10. The van der Waals surface area contributed by atoms with Crippen molar-refractivity contribution >= 4 is 40.7 Å². The molecule has 1 rings (SSSR count). The number of nitrogen functional groups attached to an aromatic ring is 1. The van der Waals surface area contributed by atoms with Gasteiger partial charge in [0.25, 0.3) is 5.91 Å². The van der Waals surface area contributed by atoms with Crippen molar-refractivity contribution in [1.29, 1.82) is 0 Å². The number of hydrogen-bond donors (Lipinski definition) is 2. The number of nitrogens with one attached hydrogen (secondary N) is 1. The van der Waals surface area contributed by atoms with Crippen LogP contribution in [0.1, 0.15) is 24.2 Å². The minimum absolute atomic E-state index is 0.0365. The van der Waals surface area contributed by atoms with E-state index in [0.717, 1.165) is 0 Å². The molecule has 0 radical (unpaired) electrons. The molecule has 0 saturated heterocycles. The zero-order valence-electron chi connectivity index (χ0n) is 12.2. The van der Waals surface area contributed by atoms with Crippen LogP contribution in [-0.2, 0) is 4.79 Å². The molecule has 7 heteroatoms. The highest BCUT2D eigenvalue weighted by atomic mass is 35.5. The molecule has 2 amide bonds. The number of rotatable bonds is 5. The summed E-state index contributed by atoms with van der Waals surface area (Å²) in [5, 5.41) is 3.17. The molecule has 0 aliphatic rings. The van der Waals surface area contributed by atoms with Gasteiger partial charge in [0.05, 0.1) is 22.3 Å². The Morgan fingerprint density at radius 3 is 2.29 bits per heavy atom. The van der Waals surface area contributed by atoms with Gasteiger partial charge in [-0.3, -0.25) is 9.59 Å². The lowest BCUT2D eigenvalue weighted by atomic mass is 10.2. The van der Waals surface area contributed by atoms with Crippen LogP contribution in [0.2, 0.25) is 10.0 Å². The van der Waals surface area contributed by atoms with E-state index in [4.69, 9.17) is 28.9 Å². The number of benzene rings is 1. The van der Waals surface area contributed by atoms with E-state index in [9.17, 15) is 9.59 Å². The fourth-order valence-electron chi connectivity index (χ4n) is 1.59. The molecule has 0 aromatic heterocycles. The van der Waals surface area contributed by atoms with E-state index in [-0.39, 0.29) is 34.1 Å². The molecule has 1 aromatic rings. The third-order valence-corrected chi connectivity index (χ3v) is 3.39. The lowest BCUT2D eigenvalue weighted by Gasteiger charge is -2.18. The quantitative estimate of drug-likeness (QED) is 0.813. The Morgan fingerprint density at radius 1 is 1.29 bits per heavy atom. The number of hydrogen-bond acceptors (Lipinski definition) is 3. The number of amides is 2. The monoisotopic (exact) mass is 331 g/mol. The van der Waals surface area contributed by atoms with Gasteiger partial charge in [-0.2, -0.15) is 0 Å². The highest BCUT2D eigenvalue weighted by Crippen LogP contribution is 2.29. The second-order valence-electron chi connectivity index (χ2n) is 5.21. The van der Waals surface area contributed by atoms with Crippen molar-refractivity contribution in [3.63, 3.8) is 0 Å². The van der Waals surface area contributed by atoms with Crippen LogP contribution >= 0.6 is 23.2 Å². The van der Waals surface area contributed by atoms with Crippen LogP contribution < -0.4 is 11.1 Å². The minimum Gasteiger partial charge on any atom is -0.396 e. The van der Waals surface area contributed by atoms with E-state index >= 15 is 0 Å². The molecule has 0 aliphatic heterocycles. The molecular formula is C14H19Cl2N3O2. The number of carbonyl (C=O) groups excluding carboxylic acids is 2. The van der Waals surface area contributed by atoms with Gasteiger partial charge in [0.2, 0.25) is 5.91 Å². The first-order valence-corrected chi connectivity index (χ1v) is 7.24. The highest BCUT2D eigenvalue weighted by Gasteiger charge is 2.17. The predicted octanol–water partition coefficient (Wildman–Crippen LogP) is 2.42. The first-order valence-electron chi connectivity index (χ1n) is 6.49. The van der Waals surface area contributed by atoms with E-state index < -0.39 is 0 Å². The summed E-state index contributed by atoms with van der Waals surface area (Å²) in [5.74, 6) is -0.213. The van der Waals surface area contributed by atoms with E-state index in [1.54, 1.807) is 0 Å². The average Bonchev–Trinajstić information content (AvgIpc) is 2.41. The Bertz CT molecular complexity index is 524. The minimum atomic E-state index is -0.349. The molecule has 3 N–H and O–H groups in total. The van der Waals surface area contributed by atoms with E-state index in [0.29, 0.717) is 18.0 Å². The summed E-state index contributed by atoms with van der Waals surface area (Å²) in [5.41, 5.74) is 6.14. The van der Waals surface area contributed by atoms with Gasteiger partial charge in [-0.1, -0.05) is 37.0 Å². The van der Waals surface area contributed by atoms with Gasteiger partial charge >= 0.3 is 0 Å². The number of carbonyl (C=O) groups is 2. The van der Waals surface area contributed by atoms with Crippen LogP contribution in [0, 0.1) is 5.92 Å². The van der Waals surface area contributed by atoms with Gasteiger partial charge in [-0.15, -0.1) is 0 Å². The highest BCUT2D eigenvalue weighted by molar-refractivity contribution is 6.39. The van der Waals surface area contributed by atoms with Crippen LogP contribution in [0.5, 0.6) is 0 Å². The zero-order chi connectivity index (χ0) is 16.2. The molecule has 21 heavy (non-hydrogen) atoms. The van der Waals surface area contributed by atoms with Crippen LogP contribution in [0.15, 0.2) is 12.1 Å². The predicted molar refractivity (Wildman–Crippen MR) is 85.7 cm³/mol. The maximum atomic E-state index is 12.2. The molecule has 0 aliphatic carbocycles. The van der Waals surface area contributed by atoms with E-state index in [1.807, 2.05) is 13.8 Å². The van der Waals surface area contributed by atoms with Crippen molar-refractivity contribution in [1.82, 2.24) is 10.2 Å². The van der Waals surface area contributed by atoms with Crippen molar-refractivity contribution < 1.29 is 9.59 Å². The summed E-state index contributed by atoms with van der Waals surface area (Å²) < 4.78 is 0. The summed E-state index contributed by atoms with van der Waals surface area (Å²) in [7, 11) is 1.54. The second kappa shape index (κ2) is 7.52. The maximum Gasteiger partial charge on any atom is 0.254 e. The molecule has 0 bridgehead atoms. The van der Waals surface area contributed by atoms with Gasteiger partial charge in [0.15, 0.2) is 0 Å². The molecule has 0 atom stereocenters. The molecule has 0 spiro atoms. The molecule has 0 heterocycles. The van der Waals surface area contributed by atoms with Gasteiger partial charge in [-0.25, -0.2) is 0 Å². The first-order chi connectivity index (χ1) is 9.72. The summed E-state index contributed by atoms with van der Waals surface area (Å²) in [6.45, 7) is 4.52. The zero-order valence-corrected chi connectivity index (χ0v) is 13.8. The average molecular weight is 332 g/mol.